The summed E-state index contributed by atoms with van der Waals surface area (Å²) in [5, 5.41) is 10.2. The third-order valence-electron chi connectivity index (χ3n) is 4.25. The number of ether oxygens (including phenoxy) is 2. The van der Waals surface area contributed by atoms with E-state index in [4.69, 9.17) is 9.47 Å². The molecule has 1 aromatic carbocycles. The summed E-state index contributed by atoms with van der Waals surface area (Å²) in [6, 6.07) is 6.02. The van der Waals surface area contributed by atoms with Crippen LogP contribution in [0.3, 0.4) is 0 Å². The Morgan fingerprint density at radius 1 is 1.12 bits per heavy atom. The van der Waals surface area contributed by atoms with Crippen molar-refractivity contribution in [2.75, 3.05) is 27.3 Å². The smallest absolute Gasteiger partial charge is 0.338 e. The van der Waals surface area contributed by atoms with Crippen LogP contribution in [0.15, 0.2) is 29.2 Å². The summed E-state index contributed by atoms with van der Waals surface area (Å²) >= 11 is 0. The molecule has 1 fully saturated rings. The first kappa shape index (κ1) is 19.7. The lowest BCUT2D eigenvalue weighted by atomic mass is 9.85. The second-order valence-corrected chi connectivity index (χ2v) is 8.49. The van der Waals surface area contributed by atoms with Gasteiger partial charge in [-0.2, -0.15) is 0 Å². The first-order valence-electron chi connectivity index (χ1n) is 8.31. The third-order valence-corrected chi connectivity index (χ3v) is 6.08. The molecule has 8 heteroatoms. The molecule has 0 unspecified atom stereocenters. The van der Waals surface area contributed by atoms with Crippen molar-refractivity contribution >= 4 is 16.0 Å². The fourth-order valence-corrected chi connectivity index (χ4v) is 3.59. The van der Waals surface area contributed by atoms with Gasteiger partial charge in [0.25, 0.3) is 0 Å². The summed E-state index contributed by atoms with van der Waals surface area (Å²) in [4.78, 5) is 12.1. The molecule has 0 spiro atoms. The first-order chi connectivity index (χ1) is 11.8. The van der Waals surface area contributed by atoms with Crippen LogP contribution in [-0.4, -0.2) is 56.7 Å². The molecular weight excluding hydrogens is 346 g/mol. The summed E-state index contributed by atoms with van der Waals surface area (Å²) in [6.07, 6.45) is 3.55. The Hall–Kier alpha value is -1.64. The Morgan fingerprint density at radius 3 is 2.28 bits per heavy atom. The van der Waals surface area contributed by atoms with Crippen LogP contribution < -0.4 is 4.74 Å². The number of carbonyl (C=O) groups is 1. The number of carbonyl (C=O) groups excluding carboxylic acids is 1. The largest absolute Gasteiger partial charge is 0.490 e. The second kappa shape index (κ2) is 8.16. The lowest BCUT2D eigenvalue weighted by Crippen LogP contribution is -2.42. The van der Waals surface area contributed by atoms with E-state index in [0.29, 0.717) is 18.6 Å². The van der Waals surface area contributed by atoms with Gasteiger partial charge < -0.3 is 14.6 Å². The van der Waals surface area contributed by atoms with Gasteiger partial charge in [0.15, 0.2) is 5.60 Å². The van der Waals surface area contributed by atoms with Gasteiger partial charge in [0.05, 0.1) is 4.90 Å². The summed E-state index contributed by atoms with van der Waals surface area (Å²) < 4.78 is 35.6. The molecule has 0 saturated heterocycles. The van der Waals surface area contributed by atoms with Crippen molar-refractivity contribution in [3.63, 3.8) is 0 Å². The van der Waals surface area contributed by atoms with Crippen LogP contribution in [0.25, 0.3) is 0 Å². The summed E-state index contributed by atoms with van der Waals surface area (Å²) in [6.45, 7) is 0.153. The van der Waals surface area contributed by atoms with Crippen LogP contribution in [-0.2, 0) is 19.6 Å². The van der Waals surface area contributed by atoms with Crippen LogP contribution in [0.4, 0.5) is 0 Å². The SMILES string of the molecule is CN(C)S(=O)(=O)c1ccc(OCCOC(=O)C2(O)CCCCC2)cc1. The normalized spacial score (nSPS) is 17.3. The molecule has 7 nitrogen and oxygen atoms in total. The van der Waals surface area contributed by atoms with Gasteiger partial charge in [-0.1, -0.05) is 6.42 Å². The Balaban J connectivity index is 1.79. The van der Waals surface area contributed by atoms with Gasteiger partial charge in [-0.25, -0.2) is 17.5 Å². The first-order valence-corrected chi connectivity index (χ1v) is 9.75. The molecule has 0 heterocycles. The van der Waals surface area contributed by atoms with Gasteiger partial charge in [-0.3, -0.25) is 0 Å². The summed E-state index contributed by atoms with van der Waals surface area (Å²) in [7, 11) is -0.536. The van der Waals surface area contributed by atoms with E-state index in [0.717, 1.165) is 23.6 Å². The number of sulfonamides is 1. The molecule has 0 aliphatic heterocycles. The molecule has 1 aliphatic carbocycles. The van der Waals surface area contributed by atoms with Crippen LogP contribution in [0.1, 0.15) is 32.1 Å². The molecule has 0 atom stereocenters. The number of hydrogen-bond acceptors (Lipinski definition) is 6. The Kier molecular flexibility index (Phi) is 6.42. The Labute approximate surface area is 148 Å². The van der Waals surface area contributed by atoms with E-state index in [9.17, 15) is 18.3 Å². The maximum atomic E-state index is 12.0. The molecule has 1 N–H and O–H groups in total. The number of aliphatic hydroxyl groups is 1. The van der Waals surface area contributed by atoms with Crippen LogP contribution in [0.5, 0.6) is 5.75 Å². The Morgan fingerprint density at radius 2 is 1.72 bits per heavy atom. The van der Waals surface area contributed by atoms with Crippen LogP contribution in [0, 0.1) is 0 Å². The molecule has 1 aliphatic rings. The lowest BCUT2D eigenvalue weighted by Gasteiger charge is -2.29. The topological polar surface area (TPSA) is 93.1 Å². The van der Waals surface area contributed by atoms with E-state index in [-0.39, 0.29) is 18.1 Å². The lowest BCUT2D eigenvalue weighted by molar-refractivity contribution is -0.169. The van der Waals surface area contributed by atoms with E-state index in [2.05, 4.69) is 0 Å². The van der Waals surface area contributed by atoms with Crippen molar-refractivity contribution in [3.8, 4) is 5.75 Å². The molecule has 0 amide bonds. The van der Waals surface area contributed by atoms with Gasteiger partial charge in [-0.15, -0.1) is 0 Å². The second-order valence-electron chi connectivity index (χ2n) is 6.34. The zero-order valence-electron chi connectivity index (χ0n) is 14.6. The fourth-order valence-electron chi connectivity index (χ4n) is 2.69. The molecule has 0 bridgehead atoms. The van der Waals surface area contributed by atoms with Gasteiger partial charge >= 0.3 is 5.97 Å². The molecule has 1 saturated carbocycles. The minimum Gasteiger partial charge on any atom is -0.490 e. The minimum absolute atomic E-state index is 0.0267. The molecule has 140 valence electrons. The van der Waals surface area contributed by atoms with Gasteiger partial charge in [-0.05, 0) is 49.9 Å². The molecule has 1 aromatic rings. The Bertz CT molecular complexity index is 678. The quantitative estimate of drug-likeness (QED) is 0.577. The predicted molar refractivity (Wildman–Crippen MR) is 91.8 cm³/mol. The molecule has 2 rings (SSSR count). The standard InChI is InChI=1S/C17H25NO6S/c1-18(2)25(21,22)15-8-6-14(7-9-15)23-12-13-24-16(19)17(20)10-4-3-5-11-17/h6-9,20H,3-5,10-13H2,1-2H3. The third kappa shape index (κ3) is 4.93. The number of benzene rings is 1. The highest BCUT2D eigenvalue weighted by Crippen LogP contribution is 2.29. The molecule has 0 radical (unpaired) electrons. The number of rotatable bonds is 7. The average molecular weight is 371 g/mol. The molecule has 0 aromatic heterocycles. The predicted octanol–water partition coefficient (Wildman–Crippen LogP) is 1.55. The molecular formula is C17H25NO6S. The van der Waals surface area contributed by atoms with Gasteiger partial charge in [0, 0.05) is 14.1 Å². The van der Waals surface area contributed by atoms with Crippen LogP contribution >= 0.6 is 0 Å². The fraction of sp³-hybridized carbons (Fsp3) is 0.588. The van der Waals surface area contributed by atoms with Crippen molar-refractivity contribution in [2.45, 2.75) is 42.6 Å². The number of hydrogen-bond donors (Lipinski definition) is 1. The number of esters is 1. The highest BCUT2D eigenvalue weighted by Gasteiger charge is 2.38. The van der Waals surface area contributed by atoms with Gasteiger partial charge in [0.2, 0.25) is 10.0 Å². The van der Waals surface area contributed by atoms with Crippen molar-refractivity contribution in [2.24, 2.45) is 0 Å². The average Bonchev–Trinajstić information content (AvgIpc) is 2.59. The highest BCUT2D eigenvalue weighted by molar-refractivity contribution is 7.89. The number of nitrogens with zero attached hydrogens (tertiary/aromatic N) is 1. The van der Waals surface area contributed by atoms with Crippen molar-refractivity contribution < 1.29 is 27.8 Å². The summed E-state index contributed by atoms with van der Waals surface area (Å²) in [5.41, 5.74) is -1.36. The minimum atomic E-state index is -3.47. The van der Waals surface area contributed by atoms with E-state index >= 15 is 0 Å². The maximum absolute atomic E-state index is 12.0. The molecule has 25 heavy (non-hydrogen) atoms. The monoisotopic (exact) mass is 371 g/mol. The van der Waals surface area contributed by atoms with Gasteiger partial charge in [0.1, 0.15) is 19.0 Å². The van der Waals surface area contributed by atoms with E-state index < -0.39 is 21.6 Å². The maximum Gasteiger partial charge on any atom is 0.338 e. The van der Waals surface area contributed by atoms with Crippen molar-refractivity contribution in [3.05, 3.63) is 24.3 Å². The summed E-state index contributed by atoms with van der Waals surface area (Å²) in [5.74, 6) is -0.117. The van der Waals surface area contributed by atoms with Crippen molar-refractivity contribution in [1.82, 2.24) is 4.31 Å². The van der Waals surface area contributed by atoms with Crippen molar-refractivity contribution in [1.29, 1.82) is 0 Å². The zero-order chi connectivity index (χ0) is 18.5. The highest BCUT2D eigenvalue weighted by atomic mass is 32.2. The zero-order valence-corrected chi connectivity index (χ0v) is 15.4. The van der Waals surface area contributed by atoms with E-state index in [1.807, 2.05) is 0 Å². The van der Waals surface area contributed by atoms with E-state index in [1.54, 1.807) is 12.1 Å². The van der Waals surface area contributed by atoms with E-state index in [1.165, 1.54) is 26.2 Å². The van der Waals surface area contributed by atoms with Crippen LogP contribution in [0.2, 0.25) is 0 Å².